The number of carbonyl (C=O) groups is 2. The number of likely N-dealkylation sites (tertiary alicyclic amines) is 1. The fourth-order valence-corrected chi connectivity index (χ4v) is 3.58. The number of aliphatic hydroxyl groups excluding tert-OH is 1. The van der Waals surface area contributed by atoms with Crippen molar-refractivity contribution in [2.75, 3.05) is 27.2 Å². The Bertz CT molecular complexity index is 858. The molecule has 7 nitrogen and oxygen atoms in total. The predicted octanol–water partition coefficient (Wildman–Crippen LogP) is 1.47. The lowest BCUT2D eigenvalue weighted by atomic mass is 10.0. The molecule has 0 unspecified atom stereocenters. The van der Waals surface area contributed by atoms with Gasteiger partial charge in [-0.25, -0.2) is 0 Å². The number of halogens is 1. The maximum Gasteiger partial charge on any atom is 0.256 e. The predicted molar refractivity (Wildman–Crippen MR) is 97.4 cm³/mol. The van der Waals surface area contributed by atoms with Gasteiger partial charge in [-0.2, -0.15) is 0 Å². The molecule has 0 aliphatic carbocycles. The molecule has 1 aliphatic rings. The molecule has 1 aliphatic heterocycles. The molecule has 2 aromatic rings. The van der Waals surface area contributed by atoms with Crippen LogP contribution in [0.5, 0.6) is 5.75 Å². The quantitative estimate of drug-likeness (QED) is 0.841. The van der Waals surface area contributed by atoms with Gasteiger partial charge in [-0.1, -0.05) is 11.6 Å². The van der Waals surface area contributed by atoms with Crippen LogP contribution in [0.25, 0.3) is 10.9 Å². The zero-order valence-corrected chi connectivity index (χ0v) is 15.3. The van der Waals surface area contributed by atoms with E-state index in [9.17, 15) is 14.7 Å². The Morgan fingerprint density at radius 3 is 2.92 bits per heavy atom. The van der Waals surface area contributed by atoms with Crippen molar-refractivity contribution in [2.24, 2.45) is 5.92 Å². The molecular weight excluding hydrogens is 358 g/mol. The van der Waals surface area contributed by atoms with Crippen LogP contribution in [0.4, 0.5) is 0 Å². The number of fused-ring (bicyclic) bond motifs is 1. The molecule has 2 heterocycles. The van der Waals surface area contributed by atoms with E-state index in [0.717, 1.165) is 0 Å². The van der Waals surface area contributed by atoms with Gasteiger partial charge in [0, 0.05) is 44.1 Å². The summed E-state index contributed by atoms with van der Waals surface area (Å²) in [6.07, 6.45) is 1.02. The highest BCUT2D eigenvalue weighted by Gasteiger charge is 2.36. The molecule has 1 fully saturated rings. The summed E-state index contributed by atoms with van der Waals surface area (Å²) in [4.78, 5) is 30.5. The van der Waals surface area contributed by atoms with Crippen LogP contribution in [-0.2, 0) is 4.79 Å². The van der Waals surface area contributed by atoms with E-state index < -0.39 is 6.10 Å². The molecule has 2 atom stereocenters. The Labute approximate surface area is 155 Å². The van der Waals surface area contributed by atoms with E-state index in [0.29, 0.717) is 33.8 Å². The van der Waals surface area contributed by atoms with Crippen molar-refractivity contribution in [3.63, 3.8) is 0 Å². The topological polar surface area (TPSA) is 91.8 Å². The normalized spacial score (nSPS) is 19.6. The lowest BCUT2D eigenvalue weighted by Gasteiger charge is -2.18. The van der Waals surface area contributed by atoms with Gasteiger partial charge in [0.15, 0.2) is 0 Å². The molecule has 0 spiro atoms. The molecule has 1 saturated heterocycles. The summed E-state index contributed by atoms with van der Waals surface area (Å²) >= 11 is 6.28. The lowest BCUT2D eigenvalue weighted by Crippen LogP contribution is -2.30. The third-order valence-electron chi connectivity index (χ3n) is 4.65. The number of nitrogens with one attached hydrogen (secondary N) is 1. The third-order valence-corrected chi connectivity index (χ3v) is 4.93. The number of aliphatic hydroxyl groups is 1. The summed E-state index contributed by atoms with van der Waals surface area (Å²) < 4.78 is 5.33. The van der Waals surface area contributed by atoms with Crippen molar-refractivity contribution in [1.29, 1.82) is 0 Å². The van der Waals surface area contributed by atoms with Crippen LogP contribution in [0.2, 0.25) is 5.02 Å². The number of amides is 2. The van der Waals surface area contributed by atoms with Gasteiger partial charge in [0.2, 0.25) is 5.91 Å². The van der Waals surface area contributed by atoms with Gasteiger partial charge in [-0.05, 0) is 18.2 Å². The van der Waals surface area contributed by atoms with Crippen molar-refractivity contribution in [2.45, 2.75) is 12.5 Å². The number of aromatic nitrogens is 1. The summed E-state index contributed by atoms with van der Waals surface area (Å²) in [5.74, 6) is -0.281. The van der Waals surface area contributed by atoms with Gasteiger partial charge < -0.3 is 20.1 Å². The second-order valence-electron chi connectivity index (χ2n) is 6.25. The van der Waals surface area contributed by atoms with Crippen LogP contribution >= 0.6 is 11.6 Å². The zero-order chi connectivity index (χ0) is 18.8. The Kier molecular flexibility index (Phi) is 5.29. The molecule has 2 amide bonds. The van der Waals surface area contributed by atoms with Crippen LogP contribution in [0.15, 0.2) is 24.4 Å². The maximum absolute atomic E-state index is 13.0. The first-order valence-electron chi connectivity index (χ1n) is 8.25. The molecule has 1 aromatic carbocycles. The number of β-amino-alcohol motifs (C(OH)–C–C–N with tert-alkyl or cyclic N) is 1. The van der Waals surface area contributed by atoms with Crippen LogP contribution in [0, 0.1) is 5.92 Å². The first-order chi connectivity index (χ1) is 12.5. The van der Waals surface area contributed by atoms with Crippen LogP contribution < -0.4 is 10.1 Å². The smallest absolute Gasteiger partial charge is 0.256 e. The zero-order valence-electron chi connectivity index (χ0n) is 14.5. The van der Waals surface area contributed by atoms with Crippen molar-refractivity contribution < 1.29 is 19.4 Å². The van der Waals surface area contributed by atoms with Crippen molar-refractivity contribution in [3.8, 4) is 5.75 Å². The van der Waals surface area contributed by atoms with E-state index in [1.165, 1.54) is 18.1 Å². The number of benzene rings is 1. The number of hydrogen-bond acceptors (Lipinski definition) is 5. The van der Waals surface area contributed by atoms with Gasteiger partial charge in [0.05, 0.1) is 29.3 Å². The lowest BCUT2D eigenvalue weighted by molar-refractivity contribution is -0.122. The number of ether oxygens (including phenoxy) is 1. The average molecular weight is 378 g/mol. The summed E-state index contributed by atoms with van der Waals surface area (Å²) in [6.45, 7) is 0.462. The maximum atomic E-state index is 13.0. The largest absolute Gasteiger partial charge is 0.494 e. The fourth-order valence-electron chi connectivity index (χ4n) is 3.29. The van der Waals surface area contributed by atoms with Crippen LogP contribution in [0.3, 0.4) is 0 Å². The van der Waals surface area contributed by atoms with Gasteiger partial charge >= 0.3 is 0 Å². The average Bonchev–Trinajstić information content (AvgIpc) is 3.00. The van der Waals surface area contributed by atoms with Crippen LogP contribution in [0.1, 0.15) is 16.8 Å². The van der Waals surface area contributed by atoms with Crippen molar-refractivity contribution in [1.82, 2.24) is 15.2 Å². The minimum Gasteiger partial charge on any atom is -0.494 e. The van der Waals surface area contributed by atoms with Gasteiger partial charge in [-0.15, -0.1) is 0 Å². The molecule has 1 aromatic heterocycles. The molecule has 0 radical (unpaired) electrons. The van der Waals surface area contributed by atoms with Gasteiger partial charge in [-0.3, -0.25) is 14.6 Å². The second-order valence-corrected chi connectivity index (χ2v) is 6.66. The van der Waals surface area contributed by atoms with E-state index in [1.54, 1.807) is 25.4 Å². The highest BCUT2D eigenvalue weighted by atomic mass is 35.5. The molecule has 8 heteroatoms. The minimum atomic E-state index is -0.746. The number of methoxy groups -OCH3 is 1. The standard InChI is InChI=1S/C18H20ClN3O4/c1-20-15(24)6-10-8-22(9-14(10)23)18(25)12-7-13(19)17(26-2)11-4-3-5-21-16(11)12/h3-5,7,10,14,23H,6,8-9H2,1-2H3,(H,20,24)/t10-,14-/m1/s1. The molecule has 138 valence electrons. The molecular formula is C18H20ClN3O4. The van der Waals surface area contributed by atoms with Gasteiger partial charge in [0.25, 0.3) is 5.91 Å². The van der Waals surface area contributed by atoms with E-state index in [4.69, 9.17) is 16.3 Å². The van der Waals surface area contributed by atoms with Gasteiger partial charge in [0.1, 0.15) is 5.75 Å². The number of nitrogens with zero attached hydrogens (tertiary/aromatic N) is 2. The highest BCUT2D eigenvalue weighted by Crippen LogP contribution is 2.35. The van der Waals surface area contributed by atoms with E-state index in [2.05, 4.69) is 10.3 Å². The Morgan fingerprint density at radius 1 is 1.46 bits per heavy atom. The number of pyridine rings is 1. The minimum absolute atomic E-state index is 0.164. The molecule has 2 N–H and O–H groups in total. The molecule has 3 rings (SSSR count). The second kappa shape index (κ2) is 7.47. The molecule has 0 saturated carbocycles. The van der Waals surface area contributed by atoms with Crippen LogP contribution in [-0.4, -0.2) is 60.2 Å². The molecule has 0 bridgehead atoms. The Balaban J connectivity index is 1.93. The van der Waals surface area contributed by atoms with E-state index >= 15 is 0 Å². The van der Waals surface area contributed by atoms with E-state index in [1.807, 2.05) is 0 Å². The Morgan fingerprint density at radius 2 is 2.23 bits per heavy atom. The summed E-state index contributed by atoms with van der Waals surface area (Å²) in [6, 6.07) is 5.07. The summed E-state index contributed by atoms with van der Waals surface area (Å²) in [5.41, 5.74) is 0.835. The SMILES string of the molecule is CNC(=O)C[C@@H]1CN(C(=O)c2cc(Cl)c(OC)c3cccnc23)C[C@H]1O. The third kappa shape index (κ3) is 3.32. The Hall–Kier alpha value is -2.38. The van der Waals surface area contributed by atoms with Crippen molar-refractivity contribution >= 4 is 34.3 Å². The highest BCUT2D eigenvalue weighted by molar-refractivity contribution is 6.34. The monoisotopic (exact) mass is 377 g/mol. The molecule has 26 heavy (non-hydrogen) atoms. The summed E-state index contributed by atoms with van der Waals surface area (Å²) in [5, 5.41) is 13.7. The number of rotatable bonds is 4. The number of carbonyl (C=O) groups excluding carboxylic acids is 2. The van der Waals surface area contributed by atoms with Crippen molar-refractivity contribution in [3.05, 3.63) is 35.0 Å². The van der Waals surface area contributed by atoms with E-state index in [-0.39, 0.29) is 30.7 Å². The number of hydrogen-bond donors (Lipinski definition) is 2. The fraction of sp³-hybridized carbons (Fsp3) is 0.389. The first-order valence-corrected chi connectivity index (χ1v) is 8.63. The summed E-state index contributed by atoms with van der Waals surface area (Å²) in [7, 11) is 3.05. The first kappa shape index (κ1) is 18.4.